The average molecular weight is 294 g/mol. The lowest BCUT2D eigenvalue weighted by Gasteiger charge is -1.98. The summed E-state index contributed by atoms with van der Waals surface area (Å²) in [6.45, 7) is 7.11. The molecule has 0 N–H and O–H groups in total. The van der Waals surface area contributed by atoms with Gasteiger partial charge in [-0.15, -0.1) is 0 Å². The third-order valence-electron chi connectivity index (χ3n) is 2.69. The van der Waals surface area contributed by atoms with E-state index in [2.05, 4.69) is 30.6 Å². The number of aryl methyl sites for hydroxylation is 1. The molecule has 7 heteroatoms. The van der Waals surface area contributed by atoms with E-state index in [0.717, 1.165) is 6.54 Å². The zero-order valence-corrected chi connectivity index (χ0v) is 11.9. The van der Waals surface area contributed by atoms with Crippen molar-refractivity contribution in [2.75, 3.05) is 0 Å². The van der Waals surface area contributed by atoms with Crippen LogP contribution in [0.5, 0.6) is 0 Å². The minimum Gasteiger partial charge on any atom is -0.418 e. The highest BCUT2D eigenvalue weighted by molar-refractivity contribution is 6.50. The van der Waals surface area contributed by atoms with E-state index in [1.54, 1.807) is 0 Å². The second-order valence-corrected chi connectivity index (χ2v) is 4.54. The molecule has 1 aromatic heterocycles. The molecule has 1 aromatic rings. The van der Waals surface area contributed by atoms with Crippen LogP contribution in [0.15, 0.2) is 25.3 Å². The molecular formula is C13H23BF4N2. The Hall–Kier alpha value is -1.27. The fourth-order valence-electron chi connectivity index (χ4n) is 1.73. The van der Waals surface area contributed by atoms with Crippen LogP contribution in [0.4, 0.5) is 17.3 Å². The molecule has 0 aliphatic rings. The van der Waals surface area contributed by atoms with Crippen LogP contribution in [0.3, 0.4) is 0 Å². The maximum atomic E-state index is 9.75. The number of aromatic nitrogens is 2. The fourth-order valence-corrected chi connectivity index (χ4v) is 1.73. The first-order chi connectivity index (χ1) is 9.36. The first kappa shape index (κ1) is 18.7. The Kier molecular flexibility index (Phi) is 9.85. The lowest BCUT2D eigenvalue weighted by Crippen LogP contribution is -2.30. The van der Waals surface area contributed by atoms with Crippen molar-refractivity contribution in [2.24, 2.45) is 0 Å². The predicted octanol–water partition coefficient (Wildman–Crippen LogP) is 4.54. The van der Waals surface area contributed by atoms with Gasteiger partial charge < -0.3 is 17.3 Å². The molecule has 20 heavy (non-hydrogen) atoms. The molecule has 0 aliphatic heterocycles. The lowest BCUT2D eigenvalue weighted by atomic mass is 10.1. The van der Waals surface area contributed by atoms with Crippen molar-refractivity contribution in [2.45, 2.75) is 52.0 Å². The van der Waals surface area contributed by atoms with Crippen molar-refractivity contribution < 1.29 is 21.8 Å². The van der Waals surface area contributed by atoms with Gasteiger partial charge in [0.15, 0.2) is 0 Å². The van der Waals surface area contributed by atoms with E-state index >= 15 is 0 Å². The van der Waals surface area contributed by atoms with Gasteiger partial charge in [-0.2, -0.15) is 0 Å². The zero-order valence-electron chi connectivity index (χ0n) is 11.9. The smallest absolute Gasteiger partial charge is 0.418 e. The van der Waals surface area contributed by atoms with E-state index in [0.29, 0.717) is 0 Å². The first-order valence-corrected chi connectivity index (χ1v) is 6.93. The van der Waals surface area contributed by atoms with Crippen molar-refractivity contribution in [3.8, 4) is 0 Å². The summed E-state index contributed by atoms with van der Waals surface area (Å²) in [4.78, 5) is 0. The number of nitrogens with zero attached hydrogens (tertiary/aromatic N) is 2. The average Bonchev–Trinajstić information content (AvgIpc) is 2.79. The molecule has 0 atom stereocenters. The van der Waals surface area contributed by atoms with Gasteiger partial charge in [0, 0.05) is 0 Å². The topological polar surface area (TPSA) is 8.81 Å². The Bertz CT molecular complexity index is 357. The number of rotatable bonds is 8. The molecule has 0 aliphatic carbocycles. The van der Waals surface area contributed by atoms with Gasteiger partial charge in [0.1, 0.15) is 12.4 Å². The Morgan fingerprint density at radius 3 is 2.15 bits per heavy atom. The normalized spacial score (nSPS) is 10.8. The van der Waals surface area contributed by atoms with Crippen molar-refractivity contribution >= 4 is 13.5 Å². The van der Waals surface area contributed by atoms with E-state index in [1.165, 1.54) is 38.5 Å². The van der Waals surface area contributed by atoms with Crippen LogP contribution in [0.25, 0.3) is 6.20 Å². The fraction of sp³-hybridized carbons (Fsp3) is 0.615. The Morgan fingerprint density at radius 1 is 1.10 bits per heavy atom. The Balaban J connectivity index is 0.000000621. The minimum absolute atomic E-state index is 1.13. The summed E-state index contributed by atoms with van der Waals surface area (Å²) in [5.41, 5.74) is 0. The largest absolute Gasteiger partial charge is 0.673 e. The lowest BCUT2D eigenvalue weighted by molar-refractivity contribution is -0.696. The molecule has 0 aromatic carbocycles. The van der Waals surface area contributed by atoms with E-state index in [1.807, 2.05) is 17.0 Å². The molecule has 2 nitrogen and oxygen atoms in total. The quantitative estimate of drug-likeness (QED) is 0.288. The zero-order chi connectivity index (χ0) is 15.4. The predicted molar refractivity (Wildman–Crippen MR) is 74.6 cm³/mol. The minimum atomic E-state index is -6.00. The molecule has 0 radical (unpaired) electrons. The van der Waals surface area contributed by atoms with Crippen molar-refractivity contribution in [3.63, 3.8) is 0 Å². The van der Waals surface area contributed by atoms with Crippen LogP contribution in [-0.2, 0) is 6.54 Å². The molecule has 116 valence electrons. The highest BCUT2D eigenvalue weighted by Gasteiger charge is 2.20. The molecule has 0 unspecified atom stereocenters. The molecule has 0 fully saturated rings. The maximum absolute atomic E-state index is 9.75. The second kappa shape index (κ2) is 10.5. The molecule has 0 bridgehead atoms. The van der Waals surface area contributed by atoms with Gasteiger partial charge in [0.25, 0.3) is 0 Å². The van der Waals surface area contributed by atoms with E-state index < -0.39 is 7.25 Å². The summed E-state index contributed by atoms with van der Waals surface area (Å²) in [5, 5.41) is 0. The third kappa shape index (κ3) is 13.2. The summed E-state index contributed by atoms with van der Waals surface area (Å²) in [7, 11) is -6.00. The third-order valence-corrected chi connectivity index (χ3v) is 2.69. The van der Waals surface area contributed by atoms with Crippen LogP contribution >= 0.6 is 0 Å². The molecule has 0 amide bonds. The molecule has 0 saturated heterocycles. The molecule has 1 rings (SSSR count). The standard InChI is InChI=1S/C13H23N2.BF4/c1-3-5-6-7-8-9-10-15-12-11-14(4-2)13-15;2-1(3,4)5/h4,11-13H,2-3,5-10H2,1H3;/q+1;-1. The number of imidazole rings is 1. The maximum Gasteiger partial charge on any atom is 0.673 e. The Labute approximate surface area is 118 Å². The van der Waals surface area contributed by atoms with E-state index in [9.17, 15) is 17.3 Å². The van der Waals surface area contributed by atoms with E-state index in [-0.39, 0.29) is 0 Å². The van der Waals surface area contributed by atoms with Crippen molar-refractivity contribution in [1.82, 2.24) is 4.57 Å². The SMILES string of the molecule is C=Cn1cc[n+](CCCCCCCC)c1.F[B-](F)(F)F. The highest BCUT2D eigenvalue weighted by Crippen LogP contribution is 2.06. The van der Waals surface area contributed by atoms with Crippen molar-refractivity contribution in [3.05, 3.63) is 25.3 Å². The van der Waals surface area contributed by atoms with Crippen LogP contribution in [0.1, 0.15) is 45.4 Å². The van der Waals surface area contributed by atoms with Gasteiger partial charge in [-0.25, -0.2) is 9.13 Å². The van der Waals surface area contributed by atoms with Crippen LogP contribution in [0, 0.1) is 0 Å². The summed E-state index contributed by atoms with van der Waals surface area (Å²) in [6, 6.07) is 0. The molecule has 0 saturated carbocycles. The van der Waals surface area contributed by atoms with Gasteiger partial charge in [-0.3, -0.25) is 0 Å². The highest BCUT2D eigenvalue weighted by atomic mass is 19.5. The first-order valence-electron chi connectivity index (χ1n) is 6.93. The van der Waals surface area contributed by atoms with Gasteiger partial charge in [-0.1, -0.05) is 39.2 Å². The van der Waals surface area contributed by atoms with Crippen LogP contribution in [-0.4, -0.2) is 11.8 Å². The monoisotopic (exact) mass is 294 g/mol. The number of hydrogen-bond acceptors (Lipinski definition) is 0. The van der Waals surface area contributed by atoms with Gasteiger partial charge in [-0.05, 0) is 12.8 Å². The number of unbranched alkanes of at least 4 members (excludes halogenated alkanes) is 5. The Morgan fingerprint density at radius 2 is 1.65 bits per heavy atom. The molecular weight excluding hydrogens is 271 g/mol. The molecule has 1 heterocycles. The summed E-state index contributed by atoms with van der Waals surface area (Å²) in [5.74, 6) is 0. The van der Waals surface area contributed by atoms with E-state index in [4.69, 9.17) is 0 Å². The molecule has 0 spiro atoms. The second-order valence-electron chi connectivity index (χ2n) is 4.54. The van der Waals surface area contributed by atoms with Gasteiger partial charge >= 0.3 is 7.25 Å². The van der Waals surface area contributed by atoms with Gasteiger partial charge in [0.05, 0.1) is 12.7 Å². The van der Waals surface area contributed by atoms with Crippen LogP contribution in [0.2, 0.25) is 0 Å². The number of halogens is 4. The van der Waals surface area contributed by atoms with Gasteiger partial charge in [0.2, 0.25) is 6.33 Å². The van der Waals surface area contributed by atoms with Crippen LogP contribution < -0.4 is 4.57 Å². The summed E-state index contributed by atoms with van der Waals surface area (Å²) >= 11 is 0. The summed E-state index contributed by atoms with van der Waals surface area (Å²) < 4.78 is 43.2. The number of hydrogen-bond donors (Lipinski definition) is 0. The summed E-state index contributed by atoms with van der Waals surface area (Å²) in [6.07, 6.45) is 16.2. The van der Waals surface area contributed by atoms with Crippen molar-refractivity contribution in [1.29, 1.82) is 0 Å².